The van der Waals surface area contributed by atoms with Crippen LogP contribution in [0.25, 0.3) is 0 Å². The molecular formula is C27H36N4O2. The molecule has 0 bridgehead atoms. The minimum Gasteiger partial charge on any atom is -0.341 e. The average Bonchev–Trinajstić information content (AvgIpc) is 2.86. The maximum atomic E-state index is 13.9. The van der Waals surface area contributed by atoms with Crippen molar-refractivity contribution in [3.05, 3.63) is 63.3 Å². The van der Waals surface area contributed by atoms with Crippen molar-refractivity contribution < 1.29 is 4.79 Å². The van der Waals surface area contributed by atoms with E-state index in [1.54, 1.807) is 0 Å². The van der Waals surface area contributed by atoms with Crippen molar-refractivity contribution in [1.82, 2.24) is 19.8 Å². The molecule has 1 aliphatic carbocycles. The number of benzene rings is 1. The quantitative estimate of drug-likeness (QED) is 0.772. The molecular weight excluding hydrogens is 412 g/mol. The van der Waals surface area contributed by atoms with Crippen LogP contribution >= 0.6 is 0 Å². The van der Waals surface area contributed by atoms with Gasteiger partial charge in [-0.25, -0.2) is 4.98 Å². The predicted molar refractivity (Wildman–Crippen MR) is 129 cm³/mol. The average molecular weight is 449 g/mol. The van der Waals surface area contributed by atoms with Crippen molar-refractivity contribution in [1.29, 1.82) is 0 Å². The Morgan fingerprint density at radius 1 is 1.06 bits per heavy atom. The second kappa shape index (κ2) is 9.80. The maximum Gasteiger partial charge on any atom is 0.255 e. The molecule has 2 atom stereocenters. The predicted octanol–water partition coefficient (Wildman–Crippen LogP) is 3.83. The lowest BCUT2D eigenvalue weighted by atomic mass is 9.76. The number of amides is 1. The summed E-state index contributed by atoms with van der Waals surface area (Å²) in [6.45, 7) is 3.04. The minimum atomic E-state index is -0.0590. The molecule has 176 valence electrons. The number of fused-ring (bicyclic) bond motifs is 1. The SMILES string of the molecule is CN1CCc2nc([C@H]3CCCN(C(=O)[C@@H](c4ccccc4)C4CCCCC4)C3)[nH]c(=O)c2C1. The van der Waals surface area contributed by atoms with Gasteiger partial charge in [-0.1, -0.05) is 49.6 Å². The topological polar surface area (TPSA) is 69.3 Å². The van der Waals surface area contributed by atoms with Crippen LogP contribution in [0, 0.1) is 5.92 Å². The summed E-state index contributed by atoms with van der Waals surface area (Å²) in [5, 5.41) is 0. The van der Waals surface area contributed by atoms with E-state index in [0.29, 0.717) is 19.0 Å². The highest BCUT2D eigenvalue weighted by Crippen LogP contribution is 2.38. The summed E-state index contributed by atoms with van der Waals surface area (Å²) in [5.74, 6) is 1.50. The molecule has 3 heterocycles. The van der Waals surface area contributed by atoms with Gasteiger partial charge in [0.1, 0.15) is 5.82 Å². The number of carbonyl (C=O) groups is 1. The van der Waals surface area contributed by atoms with Gasteiger partial charge < -0.3 is 14.8 Å². The van der Waals surface area contributed by atoms with Crippen molar-refractivity contribution in [2.75, 3.05) is 26.7 Å². The molecule has 1 saturated carbocycles. The largest absolute Gasteiger partial charge is 0.341 e. The van der Waals surface area contributed by atoms with Gasteiger partial charge in [0.25, 0.3) is 5.56 Å². The van der Waals surface area contributed by atoms with Crippen LogP contribution in [0.5, 0.6) is 0 Å². The lowest BCUT2D eigenvalue weighted by molar-refractivity contribution is -0.135. The van der Waals surface area contributed by atoms with Crippen molar-refractivity contribution in [2.45, 2.75) is 69.7 Å². The van der Waals surface area contributed by atoms with Crippen molar-refractivity contribution in [3.8, 4) is 0 Å². The van der Waals surface area contributed by atoms with E-state index in [4.69, 9.17) is 4.98 Å². The third-order valence-electron chi connectivity index (χ3n) is 7.94. The molecule has 2 aromatic rings. The van der Waals surface area contributed by atoms with E-state index in [1.807, 2.05) is 13.1 Å². The van der Waals surface area contributed by atoms with E-state index in [9.17, 15) is 9.59 Å². The summed E-state index contributed by atoms with van der Waals surface area (Å²) in [6, 6.07) is 10.4. The summed E-state index contributed by atoms with van der Waals surface area (Å²) < 4.78 is 0. The molecule has 1 aromatic carbocycles. The van der Waals surface area contributed by atoms with E-state index < -0.39 is 0 Å². The zero-order chi connectivity index (χ0) is 22.8. The molecule has 3 aliphatic rings. The lowest BCUT2D eigenvalue weighted by Crippen LogP contribution is -2.44. The van der Waals surface area contributed by atoms with Crippen LogP contribution in [-0.4, -0.2) is 52.4 Å². The van der Waals surface area contributed by atoms with Crippen LogP contribution in [-0.2, 0) is 17.8 Å². The highest BCUT2D eigenvalue weighted by atomic mass is 16.2. The van der Waals surface area contributed by atoms with Gasteiger partial charge in [-0.2, -0.15) is 0 Å². The Bertz CT molecular complexity index is 1030. The number of likely N-dealkylation sites (N-methyl/N-ethyl adjacent to an activating group) is 1. The first-order chi connectivity index (χ1) is 16.1. The molecule has 6 nitrogen and oxygen atoms in total. The fourth-order valence-corrected chi connectivity index (χ4v) is 6.11. The Balaban J connectivity index is 1.38. The normalized spacial score (nSPS) is 23.2. The van der Waals surface area contributed by atoms with Crippen LogP contribution in [0.1, 0.15) is 79.4 Å². The number of piperidine rings is 1. The summed E-state index contributed by atoms with van der Waals surface area (Å²) in [4.78, 5) is 38.9. The molecule has 2 fully saturated rings. The number of aromatic nitrogens is 2. The van der Waals surface area contributed by atoms with Gasteiger partial charge in [0.2, 0.25) is 5.91 Å². The Morgan fingerprint density at radius 2 is 1.85 bits per heavy atom. The number of hydrogen-bond acceptors (Lipinski definition) is 4. The molecule has 1 aromatic heterocycles. The zero-order valence-corrected chi connectivity index (χ0v) is 19.8. The van der Waals surface area contributed by atoms with E-state index in [1.165, 1.54) is 19.3 Å². The number of H-pyrrole nitrogens is 1. The third-order valence-corrected chi connectivity index (χ3v) is 7.94. The molecule has 0 spiro atoms. The van der Waals surface area contributed by atoms with Gasteiger partial charge in [0.15, 0.2) is 0 Å². The van der Waals surface area contributed by atoms with Gasteiger partial charge in [-0.05, 0) is 44.2 Å². The Kier molecular flexibility index (Phi) is 6.63. The Labute approximate surface area is 196 Å². The molecule has 6 heteroatoms. The van der Waals surface area contributed by atoms with Crippen molar-refractivity contribution in [2.24, 2.45) is 5.92 Å². The number of likely N-dealkylation sites (tertiary alicyclic amines) is 1. The summed E-state index contributed by atoms with van der Waals surface area (Å²) in [6.07, 6.45) is 8.73. The van der Waals surface area contributed by atoms with Gasteiger partial charge in [-0.15, -0.1) is 0 Å². The van der Waals surface area contributed by atoms with E-state index >= 15 is 0 Å². The zero-order valence-electron chi connectivity index (χ0n) is 19.8. The number of hydrogen-bond donors (Lipinski definition) is 1. The maximum absolute atomic E-state index is 13.9. The highest BCUT2D eigenvalue weighted by molar-refractivity contribution is 5.84. The van der Waals surface area contributed by atoms with Crippen LogP contribution in [0.2, 0.25) is 0 Å². The summed E-state index contributed by atoms with van der Waals surface area (Å²) in [7, 11) is 2.04. The standard InChI is InChI=1S/C27H36N4O2/c1-30-16-14-23-22(18-30)26(32)29-25(28-23)21-13-8-15-31(17-21)27(33)24(19-9-4-2-5-10-19)20-11-6-3-7-12-20/h2,4-5,9-10,20-21,24H,3,6-8,11-18H2,1H3,(H,28,29,32)/t21-,24-/m0/s1. The molecule has 1 saturated heterocycles. The number of rotatable bonds is 4. The first-order valence-electron chi connectivity index (χ1n) is 12.7. The number of nitrogens with one attached hydrogen (secondary N) is 1. The van der Waals surface area contributed by atoms with E-state index in [0.717, 1.165) is 67.8 Å². The Morgan fingerprint density at radius 3 is 2.64 bits per heavy atom. The smallest absolute Gasteiger partial charge is 0.255 e. The summed E-state index contributed by atoms with van der Waals surface area (Å²) >= 11 is 0. The number of carbonyl (C=O) groups excluding carboxylic acids is 1. The lowest BCUT2D eigenvalue weighted by Gasteiger charge is -2.38. The first-order valence-corrected chi connectivity index (χ1v) is 12.7. The highest BCUT2D eigenvalue weighted by Gasteiger charge is 2.36. The second-order valence-corrected chi connectivity index (χ2v) is 10.3. The molecule has 1 amide bonds. The molecule has 1 N–H and O–H groups in total. The monoisotopic (exact) mass is 448 g/mol. The second-order valence-electron chi connectivity index (χ2n) is 10.3. The van der Waals surface area contributed by atoms with Crippen molar-refractivity contribution in [3.63, 3.8) is 0 Å². The number of aromatic amines is 1. The van der Waals surface area contributed by atoms with E-state index in [2.05, 4.69) is 39.0 Å². The van der Waals surface area contributed by atoms with Crippen LogP contribution in [0.4, 0.5) is 0 Å². The van der Waals surface area contributed by atoms with Gasteiger partial charge in [-0.3, -0.25) is 9.59 Å². The molecule has 2 aliphatic heterocycles. The van der Waals surface area contributed by atoms with Crippen LogP contribution in [0.3, 0.4) is 0 Å². The van der Waals surface area contributed by atoms with Gasteiger partial charge in [0.05, 0.1) is 17.2 Å². The fourth-order valence-electron chi connectivity index (χ4n) is 6.11. The van der Waals surface area contributed by atoms with Crippen molar-refractivity contribution >= 4 is 5.91 Å². The number of nitrogens with zero attached hydrogens (tertiary/aromatic N) is 3. The van der Waals surface area contributed by atoms with Crippen LogP contribution < -0.4 is 5.56 Å². The summed E-state index contributed by atoms with van der Waals surface area (Å²) in [5.41, 5.74) is 2.90. The van der Waals surface area contributed by atoms with E-state index in [-0.39, 0.29) is 23.3 Å². The molecule has 0 radical (unpaired) electrons. The van der Waals surface area contributed by atoms with Crippen LogP contribution in [0.15, 0.2) is 35.1 Å². The third kappa shape index (κ3) is 4.77. The minimum absolute atomic E-state index is 0.00522. The molecule has 5 rings (SSSR count). The molecule has 0 unspecified atom stereocenters. The van der Waals surface area contributed by atoms with Gasteiger partial charge >= 0.3 is 0 Å². The Hall–Kier alpha value is -2.47. The molecule has 33 heavy (non-hydrogen) atoms. The fraction of sp³-hybridized carbons (Fsp3) is 0.593. The van der Waals surface area contributed by atoms with Gasteiger partial charge in [0, 0.05) is 38.5 Å². The first kappa shape index (κ1) is 22.3.